The molecule has 0 saturated heterocycles. The van der Waals surface area contributed by atoms with Crippen molar-refractivity contribution < 1.29 is 9.15 Å². The first kappa shape index (κ1) is 16.6. The second kappa shape index (κ2) is 7.55. The monoisotopic (exact) mass is 345 g/mol. The molecule has 0 aliphatic heterocycles. The maximum atomic E-state index is 6.52. The van der Waals surface area contributed by atoms with Gasteiger partial charge in [0.15, 0.2) is 0 Å². The van der Waals surface area contributed by atoms with E-state index in [0.717, 1.165) is 28.3 Å². The molecule has 24 heavy (non-hydrogen) atoms. The Kier molecular flexibility index (Phi) is 5.23. The Morgan fingerprint density at radius 1 is 1.25 bits per heavy atom. The molecular formula is C18H20ClN3O2. The minimum Gasteiger partial charge on any atom is -0.497 e. The van der Waals surface area contributed by atoms with Gasteiger partial charge in [0.2, 0.25) is 0 Å². The first-order valence-electron chi connectivity index (χ1n) is 7.75. The minimum atomic E-state index is 0.606. The lowest BCUT2D eigenvalue weighted by Crippen LogP contribution is -2.13. The number of nitrogens with one attached hydrogen (secondary N) is 1. The summed E-state index contributed by atoms with van der Waals surface area (Å²) in [4.78, 5) is 0. The van der Waals surface area contributed by atoms with E-state index in [1.54, 1.807) is 13.4 Å². The molecule has 5 nitrogen and oxygen atoms in total. The van der Waals surface area contributed by atoms with Crippen LogP contribution in [-0.4, -0.2) is 16.9 Å². The van der Waals surface area contributed by atoms with Gasteiger partial charge >= 0.3 is 0 Å². The number of hydrogen-bond acceptors (Lipinski definition) is 4. The fraction of sp³-hybridized carbons (Fsp3) is 0.278. The lowest BCUT2D eigenvalue weighted by Gasteiger charge is -2.06. The third-order valence-electron chi connectivity index (χ3n) is 3.83. The molecule has 0 spiro atoms. The van der Waals surface area contributed by atoms with Gasteiger partial charge in [0.1, 0.15) is 16.7 Å². The van der Waals surface area contributed by atoms with Crippen LogP contribution in [0.3, 0.4) is 0 Å². The molecule has 0 fully saturated rings. The summed E-state index contributed by atoms with van der Waals surface area (Å²) < 4.78 is 12.4. The number of halogens is 1. The zero-order valence-electron chi connectivity index (χ0n) is 13.8. The van der Waals surface area contributed by atoms with Crippen LogP contribution in [0.15, 0.2) is 47.1 Å². The van der Waals surface area contributed by atoms with Crippen LogP contribution < -0.4 is 10.1 Å². The molecule has 3 rings (SSSR count). The highest BCUT2D eigenvalue weighted by Crippen LogP contribution is 2.22. The van der Waals surface area contributed by atoms with Gasteiger partial charge in [-0.1, -0.05) is 23.7 Å². The van der Waals surface area contributed by atoms with E-state index in [1.165, 1.54) is 0 Å². The Balaban J connectivity index is 1.68. The maximum absolute atomic E-state index is 6.52. The highest BCUT2D eigenvalue weighted by atomic mass is 35.5. The van der Waals surface area contributed by atoms with Crippen LogP contribution in [0.1, 0.15) is 22.6 Å². The van der Waals surface area contributed by atoms with E-state index in [2.05, 4.69) is 10.4 Å². The van der Waals surface area contributed by atoms with Crippen LogP contribution >= 0.6 is 11.6 Å². The van der Waals surface area contributed by atoms with Crippen LogP contribution in [0.2, 0.25) is 5.15 Å². The lowest BCUT2D eigenvalue weighted by atomic mass is 10.2. The molecule has 0 aliphatic carbocycles. The molecule has 2 aromatic heterocycles. The topological polar surface area (TPSA) is 52.2 Å². The predicted octanol–water partition coefficient (Wildman–Crippen LogP) is 3.78. The summed E-state index contributed by atoms with van der Waals surface area (Å²) in [6, 6.07) is 11.7. The lowest BCUT2D eigenvalue weighted by molar-refractivity contribution is 0.414. The van der Waals surface area contributed by atoms with Crippen LogP contribution in [0.5, 0.6) is 5.75 Å². The van der Waals surface area contributed by atoms with Crippen molar-refractivity contribution in [3.8, 4) is 5.75 Å². The number of hydrogen-bond donors (Lipinski definition) is 1. The molecule has 0 bridgehead atoms. The zero-order chi connectivity index (χ0) is 16.9. The maximum Gasteiger partial charge on any atom is 0.132 e. The molecule has 1 N–H and O–H groups in total. The summed E-state index contributed by atoms with van der Waals surface area (Å²) in [5.41, 5.74) is 3.02. The normalized spacial score (nSPS) is 11.0. The smallest absolute Gasteiger partial charge is 0.132 e. The molecule has 0 saturated carbocycles. The fourth-order valence-corrected chi connectivity index (χ4v) is 2.86. The summed E-state index contributed by atoms with van der Waals surface area (Å²) in [7, 11) is 1.66. The molecular weight excluding hydrogens is 326 g/mol. The Morgan fingerprint density at radius 2 is 2.12 bits per heavy atom. The Bertz CT molecular complexity index is 797. The average Bonchev–Trinajstić information content (AvgIpc) is 3.19. The van der Waals surface area contributed by atoms with Gasteiger partial charge < -0.3 is 14.5 Å². The van der Waals surface area contributed by atoms with E-state index in [9.17, 15) is 0 Å². The van der Waals surface area contributed by atoms with Crippen molar-refractivity contribution in [2.75, 3.05) is 7.11 Å². The van der Waals surface area contributed by atoms with Crippen LogP contribution in [0.25, 0.3) is 0 Å². The van der Waals surface area contributed by atoms with Gasteiger partial charge in [-0.25, -0.2) is 4.68 Å². The number of aromatic nitrogens is 2. The van der Waals surface area contributed by atoms with Gasteiger partial charge in [-0.3, -0.25) is 0 Å². The highest BCUT2D eigenvalue weighted by Gasteiger charge is 2.13. The predicted molar refractivity (Wildman–Crippen MR) is 93.3 cm³/mol. The molecule has 3 aromatic rings. The third kappa shape index (κ3) is 3.80. The molecule has 0 radical (unpaired) electrons. The fourth-order valence-electron chi connectivity index (χ4n) is 2.56. The zero-order valence-corrected chi connectivity index (χ0v) is 14.5. The molecule has 126 valence electrons. The molecule has 6 heteroatoms. The van der Waals surface area contributed by atoms with Gasteiger partial charge in [0.25, 0.3) is 0 Å². The standard InChI is InChI=1S/C18H20ClN3O2/c1-13-17(11-20-10-16-7-4-8-24-16)18(19)22(21-13)12-14-5-3-6-15(9-14)23-2/h3-9,20H,10-12H2,1-2H3. The molecule has 2 heterocycles. The SMILES string of the molecule is COc1cccc(Cn2nc(C)c(CNCc3ccco3)c2Cl)c1. The van der Waals surface area contributed by atoms with Crippen LogP contribution in [0, 0.1) is 6.92 Å². The quantitative estimate of drug-likeness (QED) is 0.708. The first-order valence-corrected chi connectivity index (χ1v) is 8.13. The summed E-state index contributed by atoms with van der Waals surface area (Å²) in [6.45, 7) is 3.88. The molecule has 0 aliphatic rings. The number of furan rings is 1. The van der Waals surface area contributed by atoms with E-state index >= 15 is 0 Å². The average molecular weight is 346 g/mol. The van der Waals surface area contributed by atoms with E-state index < -0.39 is 0 Å². The van der Waals surface area contributed by atoms with Gasteiger partial charge in [0.05, 0.1) is 32.2 Å². The van der Waals surface area contributed by atoms with Crippen molar-refractivity contribution in [1.29, 1.82) is 0 Å². The Morgan fingerprint density at radius 3 is 2.88 bits per heavy atom. The number of rotatable bonds is 7. The van der Waals surface area contributed by atoms with E-state index in [4.69, 9.17) is 20.8 Å². The molecule has 1 aromatic carbocycles. The van der Waals surface area contributed by atoms with Crippen molar-refractivity contribution in [2.45, 2.75) is 26.6 Å². The first-order chi connectivity index (χ1) is 11.7. The van der Waals surface area contributed by atoms with Gasteiger partial charge in [0, 0.05) is 12.1 Å². The van der Waals surface area contributed by atoms with Gasteiger partial charge in [-0.05, 0) is 36.8 Å². The number of aryl methyl sites for hydroxylation is 1. The Labute approximate surface area is 146 Å². The number of methoxy groups -OCH3 is 1. The molecule has 0 unspecified atom stereocenters. The van der Waals surface area contributed by atoms with Crippen LogP contribution in [-0.2, 0) is 19.6 Å². The summed E-state index contributed by atoms with van der Waals surface area (Å²) in [6.07, 6.45) is 1.67. The summed E-state index contributed by atoms with van der Waals surface area (Å²) >= 11 is 6.52. The summed E-state index contributed by atoms with van der Waals surface area (Å²) in [5, 5.41) is 8.54. The minimum absolute atomic E-state index is 0.606. The van der Waals surface area contributed by atoms with E-state index in [1.807, 2.05) is 48.0 Å². The van der Waals surface area contributed by atoms with Gasteiger partial charge in [-0.15, -0.1) is 0 Å². The number of benzene rings is 1. The number of nitrogens with zero attached hydrogens (tertiary/aromatic N) is 2. The van der Waals surface area contributed by atoms with Crippen molar-refractivity contribution in [3.63, 3.8) is 0 Å². The van der Waals surface area contributed by atoms with E-state index in [0.29, 0.717) is 24.8 Å². The summed E-state index contributed by atoms with van der Waals surface area (Å²) in [5.74, 6) is 1.72. The van der Waals surface area contributed by atoms with Crippen molar-refractivity contribution in [3.05, 3.63) is 70.4 Å². The second-order valence-electron chi connectivity index (χ2n) is 5.55. The van der Waals surface area contributed by atoms with Crippen molar-refractivity contribution in [1.82, 2.24) is 15.1 Å². The second-order valence-corrected chi connectivity index (χ2v) is 5.90. The van der Waals surface area contributed by atoms with Crippen molar-refractivity contribution >= 4 is 11.6 Å². The number of ether oxygens (including phenoxy) is 1. The highest BCUT2D eigenvalue weighted by molar-refractivity contribution is 6.30. The van der Waals surface area contributed by atoms with Gasteiger partial charge in [-0.2, -0.15) is 5.10 Å². The van der Waals surface area contributed by atoms with Crippen molar-refractivity contribution in [2.24, 2.45) is 0 Å². The Hall–Kier alpha value is -2.24. The van der Waals surface area contributed by atoms with Crippen LogP contribution in [0.4, 0.5) is 0 Å². The van der Waals surface area contributed by atoms with E-state index in [-0.39, 0.29) is 0 Å². The molecule has 0 atom stereocenters. The molecule has 0 amide bonds. The largest absolute Gasteiger partial charge is 0.497 e. The third-order valence-corrected chi connectivity index (χ3v) is 4.25.